The maximum absolute atomic E-state index is 14.5. The first-order valence-corrected chi connectivity index (χ1v) is 10.8. The molecule has 2 atom stereocenters. The lowest BCUT2D eigenvalue weighted by Gasteiger charge is -2.33. The molecule has 32 heavy (non-hydrogen) atoms. The number of nitrogens with zero attached hydrogens (tertiary/aromatic N) is 1. The number of cyclic esters (lactones) is 1. The number of alkyl halides is 2. The van der Waals surface area contributed by atoms with Gasteiger partial charge in [-0.15, -0.1) is 11.3 Å². The smallest absolute Gasteiger partial charge is 0.449 e. The van der Waals surface area contributed by atoms with E-state index in [2.05, 4.69) is 4.74 Å². The first kappa shape index (κ1) is 23.7. The lowest BCUT2D eigenvalue weighted by molar-refractivity contribution is -0.0930. The summed E-state index contributed by atoms with van der Waals surface area (Å²) in [6.45, 7) is 0.475. The van der Waals surface area contributed by atoms with Crippen LogP contribution in [0.1, 0.15) is 23.3 Å². The Bertz CT molecular complexity index is 949. The number of aliphatic hydroxyl groups is 1. The number of aliphatic hydroxyl groups excluding tert-OH is 1. The summed E-state index contributed by atoms with van der Waals surface area (Å²) in [5, 5.41) is 19.0. The minimum Gasteiger partial charge on any atom is -0.449 e. The molecule has 1 amide bonds. The van der Waals surface area contributed by atoms with Crippen LogP contribution in [0.25, 0.3) is 0 Å². The highest BCUT2D eigenvalue weighted by Gasteiger charge is 2.39. The van der Waals surface area contributed by atoms with Crippen molar-refractivity contribution < 1.29 is 38.1 Å². The number of hydrogen-bond acceptors (Lipinski definition) is 6. The van der Waals surface area contributed by atoms with Gasteiger partial charge < -0.3 is 24.6 Å². The van der Waals surface area contributed by atoms with Crippen molar-refractivity contribution in [2.45, 2.75) is 37.3 Å². The number of aryl methyl sites for hydroxylation is 1. The van der Waals surface area contributed by atoms with Gasteiger partial charge >= 0.3 is 18.2 Å². The van der Waals surface area contributed by atoms with Crippen molar-refractivity contribution in [3.63, 3.8) is 0 Å². The molecule has 0 spiro atoms. The van der Waals surface area contributed by atoms with Crippen LogP contribution in [0.15, 0.2) is 54.6 Å². The molecule has 2 N–H and O–H groups in total. The van der Waals surface area contributed by atoms with E-state index in [0.29, 0.717) is 25.8 Å². The monoisotopic (exact) mass is 467 g/mol. The molecule has 10 heteroatoms. The predicted molar refractivity (Wildman–Crippen MR) is 113 cm³/mol. The number of rotatable bonds is 9. The van der Waals surface area contributed by atoms with Crippen molar-refractivity contribution >= 4 is 23.6 Å². The average molecular weight is 467 g/mol. The van der Waals surface area contributed by atoms with Crippen LogP contribution in [-0.2, 0) is 17.1 Å². The van der Waals surface area contributed by atoms with Crippen LogP contribution in [-0.4, -0.2) is 52.7 Å². The number of carbonyl (C=O) groups excluding carboxylic acids is 1. The number of hydrogen-bond donors (Lipinski definition) is 2. The summed E-state index contributed by atoms with van der Waals surface area (Å²) in [7, 11) is 0. The van der Waals surface area contributed by atoms with Crippen LogP contribution in [0, 0.1) is 0 Å². The fourth-order valence-electron chi connectivity index (χ4n) is 3.34. The van der Waals surface area contributed by atoms with E-state index in [1.807, 2.05) is 0 Å². The molecule has 0 bridgehead atoms. The molecule has 0 radical (unpaired) electrons. The van der Waals surface area contributed by atoms with Crippen molar-refractivity contribution in [3.05, 3.63) is 65.1 Å². The lowest BCUT2D eigenvalue weighted by Crippen LogP contribution is -2.45. The summed E-state index contributed by atoms with van der Waals surface area (Å²) < 4.78 is 38.7. The van der Waals surface area contributed by atoms with E-state index in [-0.39, 0.29) is 17.2 Å². The molecule has 1 fully saturated rings. The van der Waals surface area contributed by atoms with Gasteiger partial charge in [0.15, 0.2) is 5.06 Å². The van der Waals surface area contributed by atoms with Crippen molar-refractivity contribution in [3.8, 4) is 5.06 Å². The second-order valence-corrected chi connectivity index (χ2v) is 8.31. The Balaban J connectivity index is 1.59. The molecule has 0 saturated carbocycles. The van der Waals surface area contributed by atoms with E-state index >= 15 is 0 Å². The highest BCUT2D eigenvalue weighted by molar-refractivity contribution is 7.13. The van der Waals surface area contributed by atoms with Crippen LogP contribution < -0.4 is 4.74 Å². The fraction of sp³-hybridized carbons (Fsp3) is 0.364. The van der Waals surface area contributed by atoms with E-state index < -0.39 is 30.3 Å². The zero-order chi connectivity index (χ0) is 23.1. The third kappa shape index (κ3) is 6.04. The van der Waals surface area contributed by atoms with Gasteiger partial charge in [0.25, 0.3) is 0 Å². The van der Waals surface area contributed by atoms with Gasteiger partial charge in [0.2, 0.25) is 0 Å². The summed E-state index contributed by atoms with van der Waals surface area (Å²) in [4.78, 5) is 25.1. The molecular formula is C22H23F2NO6S. The summed E-state index contributed by atoms with van der Waals surface area (Å²) in [5.41, 5.74) is -0.292. The van der Waals surface area contributed by atoms with E-state index in [0.717, 1.165) is 11.0 Å². The van der Waals surface area contributed by atoms with Gasteiger partial charge in [0, 0.05) is 23.4 Å². The Morgan fingerprint density at radius 3 is 2.78 bits per heavy atom. The molecule has 3 rings (SSSR count). The first-order valence-electron chi connectivity index (χ1n) is 10.00. The Kier molecular flexibility index (Phi) is 7.81. The maximum atomic E-state index is 14.5. The van der Waals surface area contributed by atoms with Crippen LogP contribution in [0.3, 0.4) is 0 Å². The molecule has 0 aliphatic carbocycles. The first-order chi connectivity index (χ1) is 15.3. The second-order valence-electron chi connectivity index (χ2n) is 7.17. The minimum atomic E-state index is -3.47. The Hall–Kier alpha value is -2.98. The van der Waals surface area contributed by atoms with Crippen molar-refractivity contribution in [2.24, 2.45) is 0 Å². The summed E-state index contributed by atoms with van der Waals surface area (Å²) in [6, 6.07) is 9.89. The van der Waals surface area contributed by atoms with Crippen LogP contribution in [0.2, 0.25) is 0 Å². The molecule has 1 aliphatic heterocycles. The molecule has 1 aromatic carbocycles. The number of carbonyl (C=O) groups is 2. The van der Waals surface area contributed by atoms with Crippen molar-refractivity contribution in [1.29, 1.82) is 0 Å². The maximum Gasteiger partial charge on any atom is 0.512 e. The standard InChI is InChI=1S/C22H23F2NO6S/c23-22(24,15-5-2-1-3-6-15)18(26)10-8-16-12-14-30-20(27)25(16)13-4-7-17-9-11-19(32-17)31-21(28)29/h1-3,5-6,8-11,16,18,26H,4,7,12-14H2,(H,28,29)/b10-8+/t16-,18+/m0/s1. The number of carboxylic acid groups (broad SMARTS) is 1. The zero-order valence-electron chi connectivity index (χ0n) is 17.0. The van der Waals surface area contributed by atoms with Gasteiger partial charge in [0.05, 0.1) is 12.6 Å². The van der Waals surface area contributed by atoms with E-state index in [1.165, 1.54) is 46.6 Å². The van der Waals surface area contributed by atoms with Gasteiger partial charge in [-0.2, -0.15) is 8.78 Å². The van der Waals surface area contributed by atoms with Gasteiger partial charge in [-0.3, -0.25) is 0 Å². The third-order valence-corrected chi connectivity index (χ3v) is 5.99. The van der Waals surface area contributed by atoms with Crippen LogP contribution in [0.4, 0.5) is 18.4 Å². The molecule has 1 saturated heterocycles. The van der Waals surface area contributed by atoms with E-state index in [9.17, 15) is 23.5 Å². The molecule has 7 nitrogen and oxygen atoms in total. The third-order valence-electron chi connectivity index (χ3n) is 4.97. The predicted octanol–water partition coefficient (Wildman–Crippen LogP) is 4.66. The largest absolute Gasteiger partial charge is 0.512 e. The number of ether oxygens (including phenoxy) is 2. The molecule has 2 aromatic rings. The number of benzene rings is 1. The normalized spacial score (nSPS) is 17.9. The average Bonchev–Trinajstić information content (AvgIpc) is 3.20. The van der Waals surface area contributed by atoms with Crippen molar-refractivity contribution in [1.82, 2.24) is 4.90 Å². The minimum absolute atomic E-state index is 0.163. The lowest BCUT2D eigenvalue weighted by atomic mass is 10.0. The molecular weight excluding hydrogens is 444 g/mol. The molecule has 1 aromatic heterocycles. The highest BCUT2D eigenvalue weighted by atomic mass is 32.1. The Morgan fingerprint density at radius 1 is 1.31 bits per heavy atom. The highest BCUT2D eigenvalue weighted by Crippen LogP contribution is 2.32. The number of thiophene rings is 1. The van der Waals surface area contributed by atoms with Crippen LogP contribution in [0.5, 0.6) is 5.06 Å². The zero-order valence-corrected chi connectivity index (χ0v) is 17.8. The summed E-state index contributed by atoms with van der Waals surface area (Å²) in [6.07, 6.45) is 0.0206. The van der Waals surface area contributed by atoms with E-state index in [1.54, 1.807) is 18.2 Å². The topological polar surface area (TPSA) is 96.3 Å². The Labute approximate surface area is 187 Å². The van der Waals surface area contributed by atoms with Gasteiger partial charge in [0.1, 0.15) is 6.10 Å². The van der Waals surface area contributed by atoms with Crippen molar-refractivity contribution in [2.75, 3.05) is 13.2 Å². The van der Waals surface area contributed by atoms with Gasteiger partial charge in [-0.05, 0) is 25.0 Å². The number of amides is 1. The molecule has 2 heterocycles. The molecule has 172 valence electrons. The Morgan fingerprint density at radius 2 is 2.06 bits per heavy atom. The summed E-state index contributed by atoms with van der Waals surface area (Å²) in [5.74, 6) is -3.47. The fourth-order valence-corrected chi connectivity index (χ4v) is 4.23. The second kappa shape index (κ2) is 10.6. The van der Waals surface area contributed by atoms with Gasteiger partial charge in [-0.25, -0.2) is 9.59 Å². The SMILES string of the molecule is O=C(O)Oc1ccc(CCCN2C(=O)OCC[C@@H]2/C=C/[C@@H](O)C(F)(F)c2ccccc2)s1. The summed E-state index contributed by atoms with van der Waals surface area (Å²) >= 11 is 1.20. The number of halogens is 2. The van der Waals surface area contributed by atoms with E-state index in [4.69, 9.17) is 9.84 Å². The molecule has 0 unspecified atom stereocenters. The quantitative estimate of drug-likeness (QED) is 0.411. The van der Waals surface area contributed by atoms with Crippen LogP contribution >= 0.6 is 11.3 Å². The van der Waals surface area contributed by atoms with Gasteiger partial charge in [-0.1, -0.05) is 42.5 Å². The molecule has 1 aliphatic rings.